The minimum absolute atomic E-state index is 0.0319. The average Bonchev–Trinajstić information content (AvgIpc) is 2.67. The molecule has 5 nitrogen and oxygen atoms in total. The molecule has 1 fully saturated rings. The van der Waals surface area contributed by atoms with Gasteiger partial charge < -0.3 is 14.5 Å². The maximum absolute atomic E-state index is 14.0. The molecule has 25 heavy (non-hydrogen) atoms. The molecular weight excluding hydrogens is 321 g/mol. The predicted octanol–water partition coefficient (Wildman–Crippen LogP) is 2.01. The summed E-state index contributed by atoms with van der Waals surface area (Å²) in [5, 5.41) is 0. The summed E-state index contributed by atoms with van der Waals surface area (Å²) in [4.78, 5) is 20.6. The lowest BCUT2D eigenvalue weighted by Gasteiger charge is -2.37. The van der Waals surface area contributed by atoms with E-state index >= 15 is 0 Å². The Hall–Kier alpha value is -2.47. The molecule has 2 aromatic rings. The van der Waals surface area contributed by atoms with Crippen molar-refractivity contribution in [2.75, 3.05) is 31.1 Å². The quantitative estimate of drug-likeness (QED) is 0.838. The molecule has 0 bridgehead atoms. The topological polar surface area (TPSA) is 45.7 Å². The minimum Gasteiger partial charge on any atom is -0.365 e. The molecule has 0 saturated carbocycles. The fourth-order valence-electron chi connectivity index (χ4n) is 3.49. The third-order valence-corrected chi connectivity index (χ3v) is 4.82. The number of anilines is 1. The number of carbonyl (C=O) groups is 1. The van der Waals surface area contributed by atoms with Crippen LogP contribution in [-0.4, -0.2) is 48.1 Å². The average molecular weight is 341 g/mol. The highest BCUT2D eigenvalue weighted by molar-refractivity contribution is 5.82. The van der Waals surface area contributed by atoms with Crippen LogP contribution >= 0.6 is 0 Å². The Bertz CT molecular complexity index is 783. The number of hydrogen-bond donors (Lipinski definition) is 0. The summed E-state index contributed by atoms with van der Waals surface area (Å²) in [6.07, 6.45) is 1.83. The first-order valence-corrected chi connectivity index (χ1v) is 8.55. The van der Waals surface area contributed by atoms with Crippen LogP contribution in [0, 0.1) is 5.82 Å². The maximum atomic E-state index is 14.0. The first-order valence-electron chi connectivity index (χ1n) is 8.55. The van der Waals surface area contributed by atoms with Crippen molar-refractivity contribution < 1.29 is 13.9 Å². The first-order chi connectivity index (χ1) is 12.2. The van der Waals surface area contributed by atoms with E-state index in [4.69, 9.17) is 4.74 Å². The van der Waals surface area contributed by atoms with E-state index in [1.807, 2.05) is 17.0 Å². The fourth-order valence-corrected chi connectivity index (χ4v) is 3.49. The molecule has 0 radical (unpaired) electrons. The molecule has 1 aromatic carbocycles. The van der Waals surface area contributed by atoms with Crippen LogP contribution in [0.1, 0.15) is 11.1 Å². The number of halogens is 1. The number of nitrogens with zero attached hydrogens (tertiary/aromatic N) is 3. The second kappa shape index (κ2) is 6.80. The van der Waals surface area contributed by atoms with Crippen LogP contribution in [0.5, 0.6) is 0 Å². The van der Waals surface area contributed by atoms with Crippen LogP contribution in [0.4, 0.5) is 10.2 Å². The molecule has 2 aliphatic heterocycles. The Balaban J connectivity index is 1.47. The minimum atomic E-state index is -0.583. The summed E-state index contributed by atoms with van der Waals surface area (Å²) in [5.41, 5.74) is 2.49. The smallest absolute Gasteiger partial charge is 0.253 e. The van der Waals surface area contributed by atoms with Crippen LogP contribution in [-0.2, 0) is 22.5 Å². The molecule has 6 heteroatoms. The fraction of sp³-hybridized carbons (Fsp3) is 0.368. The Morgan fingerprint density at radius 1 is 1.16 bits per heavy atom. The van der Waals surface area contributed by atoms with Crippen molar-refractivity contribution >= 4 is 11.7 Å². The summed E-state index contributed by atoms with van der Waals surface area (Å²) in [6.45, 7) is 2.53. The molecule has 4 rings (SSSR count). The lowest BCUT2D eigenvalue weighted by atomic mass is 9.99. The van der Waals surface area contributed by atoms with Gasteiger partial charge in [0.2, 0.25) is 0 Å². The predicted molar refractivity (Wildman–Crippen MR) is 91.7 cm³/mol. The first kappa shape index (κ1) is 16.0. The Labute approximate surface area is 146 Å². The van der Waals surface area contributed by atoms with Gasteiger partial charge in [0.1, 0.15) is 0 Å². The zero-order valence-corrected chi connectivity index (χ0v) is 13.9. The Morgan fingerprint density at radius 2 is 2.00 bits per heavy atom. The van der Waals surface area contributed by atoms with Crippen molar-refractivity contribution in [1.29, 1.82) is 0 Å². The molecule has 2 aliphatic rings. The number of benzene rings is 1. The van der Waals surface area contributed by atoms with E-state index in [9.17, 15) is 9.18 Å². The number of aromatic nitrogens is 1. The number of hydrogen-bond acceptors (Lipinski definition) is 4. The maximum Gasteiger partial charge on any atom is 0.253 e. The van der Waals surface area contributed by atoms with Gasteiger partial charge in [-0.15, -0.1) is 0 Å². The highest BCUT2D eigenvalue weighted by atomic mass is 19.1. The molecule has 1 amide bonds. The van der Waals surface area contributed by atoms with Gasteiger partial charge >= 0.3 is 0 Å². The van der Waals surface area contributed by atoms with Gasteiger partial charge in [0.25, 0.3) is 5.91 Å². The summed E-state index contributed by atoms with van der Waals surface area (Å²) >= 11 is 0. The van der Waals surface area contributed by atoms with Gasteiger partial charge in [-0.2, -0.15) is 0 Å². The highest BCUT2D eigenvalue weighted by Gasteiger charge is 2.32. The van der Waals surface area contributed by atoms with E-state index in [2.05, 4.69) is 17.1 Å². The van der Waals surface area contributed by atoms with Gasteiger partial charge in [0.05, 0.1) is 13.2 Å². The molecule has 1 aromatic heterocycles. The number of fused-ring (bicyclic) bond motifs is 1. The van der Waals surface area contributed by atoms with Crippen LogP contribution in [0.15, 0.2) is 42.6 Å². The van der Waals surface area contributed by atoms with E-state index in [0.717, 1.165) is 6.42 Å². The van der Waals surface area contributed by atoms with Crippen LogP contribution in [0.25, 0.3) is 0 Å². The third kappa shape index (κ3) is 3.22. The normalized spacial score (nSPS) is 20.3. The highest BCUT2D eigenvalue weighted by Crippen LogP contribution is 2.22. The molecule has 130 valence electrons. The van der Waals surface area contributed by atoms with Gasteiger partial charge in [-0.1, -0.05) is 24.3 Å². The van der Waals surface area contributed by atoms with Crippen LogP contribution in [0.3, 0.4) is 0 Å². The lowest BCUT2D eigenvalue weighted by Crippen LogP contribution is -2.52. The number of morpholine rings is 1. The monoisotopic (exact) mass is 341 g/mol. The van der Waals surface area contributed by atoms with Crippen molar-refractivity contribution in [3.63, 3.8) is 0 Å². The molecular formula is C19H20FN3O2. The zero-order chi connectivity index (χ0) is 17.2. The third-order valence-electron chi connectivity index (χ3n) is 4.82. The van der Waals surface area contributed by atoms with Gasteiger partial charge in [0, 0.05) is 25.8 Å². The van der Waals surface area contributed by atoms with E-state index < -0.39 is 6.10 Å². The molecule has 3 heterocycles. The number of ether oxygens (including phenoxy) is 1. The van der Waals surface area contributed by atoms with Crippen LogP contribution < -0.4 is 4.90 Å². The Kier molecular flexibility index (Phi) is 4.36. The van der Waals surface area contributed by atoms with Gasteiger partial charge in [0.15, 0.2) is 17.7 Å². The summed E-state index contributed by atoms with van der Waals surface area (Å²) in [7, 11) is 0. The number of amides is 1. The second-order valence-electron chi connectivity index (χ2n) is 6.39. The summed E-state index contributed by atoms with van der Waals surface area (Å²) in [6, 6.07) is 11.1. The van der Waals surface area contributed by atoms with Gasteiger partial charge in [-0.05, 0) is 29.7 Å². The molecule has 1 saturated heterocycles. The second-order valence-corrected chi connectivity index (χ2v) is 6.39. The Morgan fingerprint density at radius 3 is 2.84 bits per heavy atom. The van der Waals surface area contributed by atoms with Crippen molar-refractivity contribution in [2.24, 2.45) is 0 Å². The standard InChI is InChI=1S/C19H20FN3O2/c20-16-6-3-8-21-18(16)22-10-11-25-17(13-22)19(24)23-9-7-14-4-1-2-5-15(14)12-23/h1-6,8,17H,7,9-13H2. The summed E-state index contributed by atoms with van der Waals surface area (Å²) in [5.74, 6) is -0.120. The number of carbonyl (C=O) groups excluding carboxylic acids is 1. The van der Waals surface area contributed by atoms with Crippen molar-refractivity contribution in [3.05, 3.63) is 59.5 Å². The van der Waals surface area contributed by atoms with Crippen molar-refractivity contribution in [3.8, 4) is 0 Å². The molecule has 0 spiro atoms. The van der Waals surface area contributed by atoms with E-state index in [1.54, 1.807) is 17.2 Å². The number of pyridine rings is 1. The van der Waals surface area contributed by atoms with Gasteiger partial charge in [-0.25, -0.2) is 9.37 Å². The molecule has 1 unspecified atom stereocenters. The van der Waals surface area contributed by atoms with Gasteiger partial charge in [-0.3, -0.25) is 4.79 Å². The largest absolute Gasteiger partial charge is 0.365 e. The number of rotatable bonds is 2. The van der Waals surface area contributed by atoms with E-state index in [1.165, 1.54) is 17.2 Å². The van der Waals surface area contributed by atoms with E-state index in [-0.39, 0.29) is 17.5 Å². The van der Waals surface area contributed by atoms with E-state index in [0.29, 0.717) is 32.8 Å². The SMILES string of the molecule is O=C(C1CN(c2ncccc2F)CCO1)N1CCc2ccccc2C1. The van der Waals surface area contributed by atoms with Crippen molar-refractivity contribution in [1.82, 2.24) is 9.88 Å². The molecule has 0 N–H and O–H groups in total. The molecule has 1 atom stereocenters. The van der Waals surface area contributed by atoms with Crippen molar-refractivity contribution in [2.45, 2.75) is 19.1 Å². The van der Waals surface area contributed by atoms with Crippen LogP contribution in [0.2, 0.25) is 0 Å². The summed E-state index contributed by atoms with van der Waals surface area (Å²) < 4.78 is 19.7. The zero-order valence-electron chi connectivity index (χ0n) is 13.9. The molecule has 0 aliphatic carbocycles. The lowest BCUT2D eigenvalue weighted by molar-refractivity contribution is -0.145.